The fourth-order valence-corrected chi connectivity index (χ4v) is 11.6. The van der Waals surface area contributed by atoms with E-state index in [1.54, 1.807) is 36.5 Å². The molecule has 1 aromatic carbocycles. The molecule has 4 fully saturated rings. The highest BCUT2D eigenvalue weighted by Crippen LogP contribution is 2.70. The molecule has 67 heavy (non-hydrogen) atoms. The van der Waals surface area contributed by atoms with Crippen LogP contribution in [0.2, 0.25) is 0 Å². The summed E-state index contributed by atoms with van der Waals surface area (Å²) in [6.07, 6.45) is 6.17. The number of aliphatic hydroxyl groups is 2. The molecule has 19 heteroatoms. The molecule has 1 saturated heterocycles. The lowest BCUT2D eigenvalue weighted by atomic mass is 9.46. The van der Waals surface area contributed by atoms with Crippen molar-refractivity contribution in [1.82, 2.24) is 20.9 Å². The largest absolute Gasteiger partial charge is 0.481 e. The third-order valence-corrected chi connectivity index (χ3v) is 15.2. The number of Topliss-reactive ketones (excluding diaryl/α,β-unsaturated/α-hetero) is 1. The van der Waals surface area contributed by atoms with Crippen LogP contribution >= 0.6 is 12.6 Å². The number of aliphatic carboxylic acids is 1. The maximum absolute atomic E-state index is 13.9. The maximum Gasteiger partial charge on any atom is 0.304 e. The molecule has 3 unspecified atom stereocenters. The van der Waals surface area contributed by atoms with E-state index in [-0.39, 0.29) is 49.0 Å². The molecule has 1 aromatic heterocycles. The molecule has 0 bridgehead atoms. The van der Waals surface area contributed by atoms with Gasteiger partial charge in [-0.05, 0) is 100 Å². The van der Waals surface area contributed by atoms with Gasteiger partial charge < -0.3 is 51.4 Å². The van der Waals surface area contributed by atoms with E-state index in [4.69, 9.17) is 14.6 Å². The summed E-state index contributed by atoms with van der Waals surface area (Å²) in [7, 11) is 0. The van der Waals surface area contributed by atoms with Gasteiger partial charge in [-0.25, -0.2) is 4.98 Å². The molecule has 7 rings (SSSR count). The van der Waals surface area contributed by atoms with Crippen LogP contribution in [-0.2, 0) is 43.0 Å². The summed E-state index contributed by atoms with van der Waals surface area (Å²) in [4.78, 5) is 91.4. The van der Waals surface area contributed by atoms with Gasteiger partial charge in [0.05, 0.1) is 23.9 Å². The second-order valence-electron chi connectivity index (χ2n) is 19.0. The van der Waals surface area contributed by atoms with Crippen LogP contribution < -0.4 is 26.6 Å². The first-order valence-corrected chi connectivity index (χ1v) is 23.2. The Labute approximate surface area is 393 Å². The minimum atomic E-state index is -1.48. The quantitative estimate of drug-likeness (QED) is 0.103. The maximum atomic E-state index is 13.9. The SMILES string of the molecule is C[C@H](NC(=O)CCNC(=O)C(S)CC(=O)O)C(=O)N[C@@H](C)C(=O)Nc1ccc([C@@H](C)Nc2ccc([C@@H]3O[C@@H]4CC5[C@@H]6CCC7=CC(=O)C=C[C@]7(C)C6[C@@H](O)C[C@]5(C)[C@]4(C(=O)CO)O3)cn2)cc1. The normalized spacial score (nSPS) is 31.0. The third kappa shape index (κ3) is 9.66. The lowest BCUT2D eigenvalue weighted by molar-refractivity contribution is -0.201. The summed E-state index contributed by atoms with van der Waals surface area (Å²) >= 11 is 3.92. The lowest BCUT2D eigenvalue weighted by Gasteiger charge is -2.59. The number of thiol groups is 1. The van der Waals surface area contributed by atoms with Crippen LogP contribution in [0.5, 0.6) is 0 Å². The van der Waals surface area contributed by atoms with Crippen molar-refractivity contribution in [2.45, 2.75) is 121 Å². The topological polar surface area (TPSA) is 272 Å². The molecule has 4 amide bonds. The van der Waals surface area contributed by atoms with Gasteiger partial charge >= 0.3 is 5.97 Å². The summed E-state index contributed by atoms with van der Waals surface area (Å²) in [5, 5.41) is 43.6. The minimum absolute atomic E-state index is 0.0265. The number of ether oxygens (including phenoxy) is 2. The molecule has 3 saturated carbocycles. The molecule has 2 aromatic rings. The molecule has 4 aliphatic carbocycles. The highest BCUT2D eigenvalue weighted by molar-refractivity contribution is 7.81. The van der Waals surface area contributed by atoms with Crippen molar-refractivity contribution in [2.75, 3.05) is 23.8 Å². The van der Waals surface area contributed by atoms with Gasteiger partial charge in [-0.2, -0.15) is 12.6 Å². The fourth-order valence-electron chi connectivity index (χ4n) is 11.3. The number of amides is 4. The Hall–Kier alpha value is -5.47. The van der Waals surface area contributed by atoms with Gasteiger partial charge in [-0.1, -0.05) is 37.6 Å². The second kappa shape index (κ2) is 19.6. The molecule has 5 aliphatic rings. The monoisotopic (exact) mass is 944 g/mol. The number of ketones is 2. The van der Waals surface area contributed by atoms with Crippen LogP contribution in [0, 0.1) is 28.6 Å². The number of hydrogen-bond acceptors (Lipinski definition) is 14. The summed E-state index contributed by atoms with van der Waals surface area (Å²) in [6.45, 7) is 8.17. The smallest absolute Gasteiger partial charge is 0.304 e. The number of nitrogens with one attached hydrogen (secondary N) is 5. The predicted molar refractivity (Wildman–Crippen MR) is 246 cm³/mol. The first-order chi connectivity index (χ1) is 31.7. The van der Waals surface area contributed by atoms with Crippen molar-refractivity contribution in [3.05, 3.63) is 77.5 Å². The van der Waals surface area contributed by atoms with Gasteiger partial charge in [0.1, 0.15) is 24.5 Å². The molecular formula is C48H60N6O12S. The van der Waals surface area contributed by atoms with Gasteiger partial charge in [-0.3, -0.25) is 33.6 Å². The second-order valence-corrected chi connectivity index (χ2v) is 19.6. The molecule has 0 radical (unpaired) electrons. The Morgan fingerprint density at radius 3 is 2.36 bits per heavy atom. The Balaban J connectivity index is 0.899. The predicted octanol–water partition coefficient (Wildman–Crippen LogP) is 3.08. The van der Waals surface area contributed by atoms with Crippen LogP contribution in [0.1, 0.15) is 96.6 Å². The molecule has 18 nitrogen and oxygen atoms in total. The summed E-state index contributed by atoms with van der Waals surface area (Å²) in [6, 6.07) is 8.54. The van der Waals surface area contributed by atoms with E-state index in [1.807, 2.05) is 38.1 Å². The Kier molecular flexibility index (Phi) is 14.5. The van der Waals surface area contributed by atoms with Crippen molar-refractivity contribution in [2.24, 2.45) is 28.6 Å². The number of anilines is 2. The van der Waals surface area contributed by atoms with Crippen molar-refractivity contribution in [3.8, 4) is 0 Å². The lowest BCUT2D eigenvalue weighted by Crippen LogP contribution is -2.63. The van der Waals surface area contributed by atoms with Gasteiger partial charge in [-0.15, -0.1) is 0 Å². The number of aliphatic hydroxyl groups excluding tert-OH is 2. The van der Waals surface area contributed by atoms with E-state index in [2.05, 4.69) is 51.1 Å². The minimum Gasteiger partial charge on any atom is -0.481 e. The van der Waals surface area contributed by atoms with Crippen LogP contribution in [0.3, 0.4) is 0 Å². The summed E-state index contributed by atoms with van der Waals surface area (Å²) < 4.78 is 13.3. The van der Waals surface area contributed by atoms with E-state index in [0.717, 1.165) is 24.0 Å². The molecule has 360 valence electrons. The van der Waals surface area contributed by atoms with Crippen LogP contribution in [0.15, 0.2) is 66.4 Å². The first kappa shape index (κ1) is 49.4. The number of benzene rings is 1. The molecule has 0 spiro atoms. The zero-order valence-corrected chi connectivity index (χ0v) is 39.0. The van der Waals surface area contributed by atoms with Crippen molar-refractivity contribution in [1.29, 1.82) is 0 Å². The number of carbonyl (C=O) groups excluding carboxylic acids is 6. The number of carboxylic acid groups (broad SMARTS) is 1. The van der Waals surface area contributed by atoms with E-state index >= 15 is 0 Å². The number of rotatable bonds is 17. The highest BCUT2D eigenvalue weighted by atomic mass is 32.1. The van der Waals surface area contributed by atoms with E-state index < -0.39 is 101 Å². The number of nitrogens with zero attached hydrogens (tertiary/aromatic N) is 1. The number of pyridine rings is 1. The number of aromatic nitrogens is 1. The average Bonchev–Trinajstić information content (AvgIpc) is 3.79. The Bertz CT molecular complexity index is 2340. The standard InChI is InChI=1S/C48H60N6O12S/c1-24(27-6-10-30(11-7-27)54-43(63)26(3)53-42(62)25(2)52-39(59)15-17-49-44(64)35(67)20-40(60)61)51-38-13-8-28(22-50-38)45-65-37-19-33-32-12-9-29-18-31(56)14-16-46(29,4)41(32)34(57)21-47(33,5)48(37,66-45)36(58)23-55/h6-8,10-11,13-14,16,18,22,24-26,32-35,37,41,45,55,57,67H,9,12,15,17,19-21,23H2,1-5H3,(H,49,64)(H,50,51)(H,52,59)(H,53,62)(H,54,63)(H,60,61)/t24-,25+,26+,32+,33?,34+,35?,37-,41?,45-,46+,47+,48-/m1/s1. The molecule has 1 aliphatic heterocycles. The zero-order valence-electron chi connectivity index (χ0n) is 38.1. The molecular weight excluding hydrogens is 885 g/mol. The summed E-state index contributed by atoms with van der Waals surface area (Å²) in [5.74, 6) is -3.51. The average molecular weight is 945 g/mol. The van der Waals surface area contributed by atoms with Crippen molar-refractivity contribution >= 4 is 65.3 Å². The number of fused-ring (bicyclic) bond motifs is 7. The number of carbonyl (C=O) groups is 7. The Morgan fingerprint density at radius 1 is 0.970 bits per heavy atom. The van der Waals surface area contributed by atoms with Crippen molar-refractivity contribution in [3.63, 3.8) is 0 Å². The van der Waals surface area contributed by atoms with Gasteiger partial charge in [0, 0.05) is 53.2 Å². The molecule has 8 N–H and O–H groups in total. The van der Waals surface area contributed by atoms with Crippen molar-refractivity contribution < 1.29 is 58.4 Å². The van der Waals surface area contributed by atoms with Crippen LogP contribution in [-0.4, -0.2) is 110 Å². The van der Waals surface area contributed by atoms with Crippen LogP contribution in [0.4, 0.5) is 11.5 Å². The van der Waals surface area contributed by atoms with Gasteiger partial charge in [0.2, 0.25) is 23.6 Å². The Morgan fingerprint density at radius 2 is 1.69 bits per heavy atom. The van der Waals surface area contributed by atoms with E-state index in [1.165, 1.54) is 13.8 Å². The fraction of sp³-hybridized carbons (Fsp3) is 0.542. The summed E-state index contributed by atoms with van der Waals surface area (Å²) in [5.41, 5.74) is 0.220. The van der Waals surface area contributed by atoms with E-state index in [9.17, 15) is 43.8 Å². The zero-order chi connectivity index (χ0) is 48.6. The first-order valence-electron chi connectivity index (χ1n) is 22.7. The highest BCUT2D eigenvalue weighted by Gasteiger charge is 2.76. The molecule has 2 heterocycles. The third-order valence-electron chi connectivity index (χ3n) is 14.7. The number of hydrogen-bond donors (Lipinski definition) is 9. The number of allylic oxidation sites excluding steroid dienone is 4. The van der Waals surface area contributed by atoms with Gasteiger partial charge in [0.25, 0.3) is 0 Å². The number of carboxylic acids is 1. The van der Waals surface area contributed by atoms with Crippen LogP contribution in [0.25, 0.3) is 0 Å². The van der Waals surface area contributed by atoms with Gasteiger partial charge in [0.15, 0.2) is 23.5 Å². The molecule has 13 atom stereocenters. The van der Waals surface area contributed by atoms with E-state index in [0.29, 0.717) is 23.5 Å².